The molecule has 0 spiro atoms. The van der Waals surface area contributed by atoms with E-state index in [0.29, 0.717) is 33.3 Å². The van der Waals surface area contributed by atoms with Gasteiger partial charge in [-0.1, -0.05) is 24.3 Å². The van der Waals surface area contributed by atoms with Crippen molar-refractivity contribution in [3.8, 4) is 16.9 Å². The molecule has 0 aliphatic rings. The van der Waals surface area contributed by atoms with Crippen LogP contribution in [0.15, 0.2) is 59.4 Å². The van der Waals surface area contributed by atoms with E-state index in [9.17, 15) is 18.4 Å². The van der Waals surface area contributed by atoms with Gasteiger partial charge in [0.1, 0.15) is 18.9 Å². The minimum Gasteiger partial charge on any atom is -0.489 e. The van der Waals surface area contributed by atoms with Crippen LogP contribution >= 0.6 is 12.4 Å². The molecule has 0 aliphatic carbocycles. The van der Waals surface area contributed by atoms with Gasteiger partial charge in [0, 0.05) is 5.56 Å². The van der Waals surface area contributed by atoms with Gasteiger partial charge >= 0.3 is 5.97 Å². The van der Waals surface area contributed by atoms with Gasteiger partial charge in [0.25, 0.3) is 5.56 Å². The molecule has 0 amide bonds. The van der Waals surface area contributed by atoms with Crippen molar-refractivity contribution in [2.75, 3.05) is 0 Å². The summed E-state index contributed by atoms with van der Waals surface area (Å²) in [5.41, 5.74) is 2.73. The van der Waals surface area contributed by atoms with E-state index in [4.69, 9.17) is 9.84 Å². The highest BCUT2D eigenvalue weighted by Gasteiger charge is 2.13. The first kappa shape index (κ1) is 23.0. The number of aromatic nitrogens is 2. The van der Waals surface area contributed by atoms with E-state index in [-0.39, 0.29) is 19.0 Å². The Morgan fingerprint density at radius 2 is 1.78 bits per heavy atom. The van der Waals surface area contributed by atoms with Gasteiger partial charge in [-0.15, -0.1) is 12.4 Å². The van der Waals surface area contributed by atoms with Crippen LogP contribution in [0.25, 0.3) is 22.0 Å². The molecule has 9 heteroatoms. The van der Waals surface area contributed by atoms with Crippen LogP contribution in [0.2, 0.25) is 0 Å². The highest BCUT2D eigenvalue weighted by atomic mass is 35.5. The van der Waals surface area contributed by atoms with Crippen LogP contribution in [-0.4, -0.2) is 20.9 Å². The molecular weight excluding hydrogens is 442 g/mol. The van der Waals surface area contributed by atoms with E-state index in [1.165, 1.54) is 6.07 Å². The van der Waals surface area contributed by atoms with Crippen LogP contribution in [0.4, 0.5) is 8.78 Å². The number of carbonyl (C=O) groups is 1. The number of fused-ring (bicyclic) bond motifs is 1. The first-order valence-corrected chi connectivity index (χ1v) is 9.44. The summed E-state index contributed by atoms with van der Waals surface area (Å²) in [5.74, 6) is -2.36. The Hall–Kier alpha value is -3.65. The zero-order valence-corrected chi connectivity index (χ0v) is 17.7. The number of nitrogens with one attached hydrogen (secondary N) is 1. The van der Waals surface area contributed by atoms with Gasteiger partial charge in [0.05, 0.1) is 10.9 Å². The van der Waals surface area contributed by atoms with Crippen molar-refractivity contribution in [3.05, 3.63) is 87.7 Å². The minimum absolute atomic E-state index is 0. The molecule has 0 unspecified atom stereocenters. The number of rotatable bonds is 6. The third-order valence-electron chi connectivity index (χ3n) is 4.99. The summed E-state index contributed by atoms with van der Waals surface area (Å²) in [7, 11) is 0. The van der Waals surface area contributed by atoms with E-state index in [1.807, 2.05) is 0 Å². The van der Waals surface area contributed by atoms with Gasteiger partial charge in [0.2, 0.25) is 0 Å². The molecule has 1 heterocycles. The van der Waals surface area contributed by atoms with E-state index in [1.54, 1.807) is 49.4 Å². The van der Waals surface area contributed by atoms with Crippen molar-refractivity contribution in [2.24, 2.45) is 0 Å². The number of carboxylic acids is 1. The van der Waals surface area contributed by atoms with Crippen LogP contribution in [-0.2, 0) is 17.9 Å². The molecule has 0 fully saturated rings. The lowest BCUT2D eigenvalue weighted by Gasteiger charge is -2.10. The Morgan fingerprint density at radius 3 is 2.47 bits per heavy atom. The van der Waals surface area contributed by atoms with Gasteiger partial charge < -0.3 is 9.84 Å². The largest absolute Gasteiger partial charge is 0.489 e. The number of carboxylic acid groups (broad SMARTS) is 1. The number of para-hydroxylation sites is 1. The van der Waals surface area contributed by atoms with Crippen LogP contribution < -0.4 is 10.3 Å². The standard InChI is InChI=1S/C23H18F2N2O4.ClH/c1-13-9-19(24)20(25)10-18(13)14-5-7-16(8-6-14)31-12-15-3-2-4-17-22(15)26-27(23(17)30)11-21(28)29;/h2-10,26H,11-12H2,1H3,(H,28,29);1H. The van der Waals surface area contributed by atoms with Crippen molar-refractivity contribution < 1.29 is 23.4 Å². The van der Waals surface area contributed by atoms with Crippen molar-refractivity contribution in [1.82, 2.24) is 9.78 Å². The molecule has 0 saturated carbocycles. The second-order valence-electron chi connectivity index (χ2n) is 7.13. The number of hydrogen-bond acceptors (Lipinski definition) is 3. The molecule has 4 aromatic rings. The number of aromatic amines is 1. The fourth-order valence-electron chi connectivity index (χ4n) is 3.46. The summed E-state index contributed by atoms with van der Waals surface area (Å²) in [6.45, 7) is 1.40. The number of nitrogens with zero attached hydrogens (tertiary/aromatic N) is 1. The van der Waals surface area contributed by atoms with Gasteiger partial charge in [-0.2, -0.15) is 0 Å². The number of halogens is 3. The van der Waals surface area contributed by atoms with E-state index >= 15 is 0 Å². The van der Waals surface area contributed by atoms with E-state index in [2.05, 4.69) is 5.10 Å². The molecule has 3 aromatic carbocycles. The molecule has 0 saturated heterocycles. The summed E-state index contributed by atoms with van der Waals surface area (Å²) in [6.07, 6.45) is 0. The monoisotopic (exact) mass is 460 g/mol. The third-order valence-corrected chi connectivity index (χ3v) is 4.99. The quantitative estimate of drug-likeness (QED) is 0.438. The molecule has 6 nitrogen and oxygen atoms in total. The van der Waals surface area contributed by atoms with Crippen LogP contribution in [0.5, 0.6) is 5.75 Å². The predicted octanol–water partition coefficient (Wildman–Crippen LogP) is 4.67. The Bertz CT molecular complexity index is 1350. The normalized spacial score (nSPS) is 10.7. The first-order valence-electron chi connectivity index (χ1n) is 9.44. The lowest BCUT2D eigenvalue weighted by Crippen LogP contribution is -2.21. The van der Waals surface area contributed by atoms with Crippen molar-refractivity contribution in [1.29, 1.82) is 0 Å². The summed E-state index contributed by atoms with van der Waals surface area (Å²) in [6, 6.07) is 14.4. The molecule has 2 N–H and O–H groups in total. The molecule has 4 rings (SSSR count). The second kappa shape index (κ2) is 9.23. The molecule has 0 atom stereocenters. The zero-order chi connectivity index (χ0) is 22.1. The molecule has 166 valence electrons. The van der Waals surface area contributed by atoms with Crippen LogP contribution in [0, 0.1) is 18.6 Å². The Labute approximate surface area is 187 Å². The summed E-state index contributed by atoms with van der Waals surface area (Å²) in [4.78, 5) is 23.2. The third kappa shape index (κ3) is 4.50. The van der Waals surface area contributed by atoms with Gasteiger partial charge in [-0.05, 0) is 53.9 Å². The van der Waals surface area contributed by atoms with Gasteiger partial charge in [0.15, 0.2) is 11.6 Å². The fraction of sp³-hybridized carbons (Fsp3) is 0.130. The molecular formula is C23H19ClF2N2O4. The number of aliphatic carboxylic acids is 1. The summed E-state index contributed by atoms with van der Waals surface area (Å²) < 4.78 is 33.8. The number of H-pyrrole nitrogens is 1. The summed E-state index contributed by atoms with van der Waals surface area (Å²) >= 11 is 0. The lowest BCUT2D eigenvalue weighted by molar-refractivity contribution is -0.137. The average molecular weight is 461 g/mol. The first-order chi connectivity index (χ1) is 14.8. The topological polar surface area (TPSA) is 84.3 Å². The second-order valence-corrected chi connectivity index (χ2v) is 7.13. The zero-order valence-electron chi connectivity index (χ0n) is 16.9. The highest BCUT2D eigenvalue weighted by molar-refractivity contribution is 5.85. The fourth-order valence-corrected chi connectivity index (χ4v) is 3.46. The molecule has 0 aliphatic heterocycles. The maximum atomic E-state index is 13.6. The lowest BCUT2D eigenvalue weighted by atomic mass is 10.0. The smallest absolute Gasteiger partial charge is 0.325 e. The molecule has 1 aromatic heterocycles. The Kier molecular flexibility index (Phi) is 6.64. The average Bonchev–Trinajstić information content (AvgIpc) is 3.05. The van der Waals surface area contributed by atoms with Crippen molar-refractivity contribution in [2.45, 2.75) is 20.1 Å². The number of ether oxygens (including phenoxy) is 1. The minimum atomic E-state index is -1.12. The molecule has 32 heavy (non-hydrogen) atoms. The van der Waals surface area contributed by atoms with Crippen LogP contribution in [0.3, 0.4) is 0 Å². The maximum Gasteiger partial charge on any atom is 0.325 e. The SMILES string of the molecule is Cc1cc(F)c(F)cc1-c1ccc(OCc2cccc3c(=O)n(CC(=O)O)[nH]c23)cc1.Cl. The number of benzene rings is 3. The van der Waals surface area contributed by atoms with Crippen LogP contribution in [0.1, 0.15) is 11.1 Å². The van der Waals surface area contributed by atoms with Gasteiger partial charge in [-0.25, -0.2) is 13.5 Å². The Balaban J connectivity index is 0.00000289. The van der Waals surface area contributed by atoms with Crippen molar-refractivity contribution in [3.63, 3.8) is 0 Å². The maximum absolute atomic E-state index is 13.6. The Morgan fingerprint density at radius 1 is 1.09 bits per heavy atom. The predicted molar refractivity (Wildman–Crippen MR) is 118 cm³/mol. The number of hydrogen-bond donors (Lipinski definition) is 2. The summed E-state index contributed by atoms with van der Waals surface area (Å²) in [5, 5.41) is 12.1. The van der Waals surface area contributed by atoms with Gasteiger partial charge in [-0.3, -0.25) is 14.7 Å². The highest BCUT2D eigenvalue weighted by Crippen LogP contribution is 2.28. The number of aryl methyl sites for hydroxylation is 1. The van der Waals surface area contributed by atoms with E-state index < -0.39 is 29.7 Å². The molecule has 0 radical (unpaired) electrons. The molecule has 0 bridgehead atoms. The van der Waals surface area contributed by atoms with Crippen molar-refractivity contribution >= 4 is 29.3 Å². The van der Waals surface area contributed by atoms with E-state index in [0.717, 1.165) is 16.3 Å².